The van der Waals surface area contributed by atoms with Gasteiger partial charge < -0.3 is 10.4 Å². The minimum atomic E-state index is -0.497. The summed E-state index contributed by atoms with van der Waals surface area (Å²) in [7, 11) is 0. The van der Waals surface area contributed by atoms with Gasteiger partial charge in [-0.15, -0.1) is 0 Å². The summed E-state index contributed by atoms with van der Waals surface area (Å²) < 4.78 is 0. The highest BCUT2D eigenvalue weighted by atomic mass is 35.5. The Morgan fingerprint density at radius 1 is 1.47 bits per heavy atom. The zero-order valence-corrected chi connectivity index (χ0v) is 11.9. The topological polar surface area (TPSA) is 75.4 Å². The number of nitrogens with zero attached hydrogens (tertiary/aromatic N) is 1. The van der Waals surface area contributed by atoms with Gasteiger partial charge in [0.05, 0.1) is 11.5 Å². The van der Waals surface area contributed by atoms with Gasteiger partial charge in [0.15, 0.2) is 0 Å². The number of hydrogen-bond acceptors (Lipinski definition) is 4. The Morgan fingerprint density at radius 3 is 2.68 bits per heavy atom. The molecule has 19 heavy (non-hydrogen) atoms. The second-order valence-corrected chi connectivity index (χ2v) is 5.34. The van der Waals surface area contributed by atoms with E-state index in [1.807, 2.05) is 0 Å². The standard InChI is InChI=1S/C13H19ClN2O3/c1-9(2)5-11(8-17)15-7-10-3-4-12(14)13(6-10)16(18)19/h3-4,6,9,11,15,17H,5,7-8H2,1-2H3. The lowest BCUT2D eigenvalue weighted by Crippen LogP contribution is -2.33. The van der Waals surface area contributed by atoms with Crippen molar-refractivity contribution >= 4 is 17.3 Å². The molecule has 0 spiro atoms. The molecule has 0 amide bonds. The van der Waals surface area contributed by atoms with Crippen LogP contribution in [-0.4, -0.2) is 22.7 Å². The van der Waals surface area contributed by atoms with E-state index in [0.29, 0.717) is 12.5 Å². The maximum atomic E-state index is 10.8. The fourth-order valence-corrected chi connectivity index (χ4v) is 2.05. The number of aliphatic hydroxyl groups is 1. The van der Waals surface area contributed by atoms with Gasteiger partial charge in [0, 0.05) is 18.7 Å². The Bertz CT molecular complexity index is 438. The monoisotopic (exact) mass is 286 g/mol. The minimum absolute atomic E-state index is 0.00488. The van der Waals surface area contributed by atoms with Gasteiger partial charge in [-0.05, 0) is 24.0 Å². The van der Waals surface area contributed by atoms with Crippen LogP contribution in [0.2, 0.25) is 5.02 Å². The smallest absolute Gasteiger partial charge is 0.288 e. The van der Waals surface area contributed by atoms with Crippen LogP contribution in [0.25, 0.3) is 0 Å². The van der Waals surface area contributed by atoms with Crippen molar-refractivity contribution in [3.63, 3.8) is 0 Å². The molecule has 0 saturated heterocycles. The van der Waals surface area contributed by atoms with E-state index in [1.165, 1.54) is 12.1 Å². The Kier molecular flexibility index (Phi) is 6.21. The number of benzene rings is 1. The van der Waals surface area contributed by atoms with Gasteiger partial charge in [-0.2, -0.15) is 0 Å². The fourth-order valence-electron chi connectivity index (χ4n) is 1.86. The van der Waals surface area contributed by atoms with Gasteiger partial charge in [0.25, 0.3) is 5.69 Å². The maximum absolute atomic E-state index is 10.8. The largest absolute Gasteiger partial charge is 0.395 e. The van der Waals surface area contributed by atoms with Crippen molar-refractivity contribution in [2.75, 3.05) is 6.61 Å². The van der Waals surface area contributed by atoms with Crippen molar-refractivity contribution < 1.29 is 10.0 Å². The molecule has 0 aromatic heterocycles. The molecule has 5 nitrogen and oxygen atoms in total. The normalized spacial score (nSPS) is 12.7. The molecule has 0 saturated carbocycles. The Hall–Kier alpha value is -1.17. The molecule has 0 heterocycles. The summed E-state index contributed by atoms with van der Waals surface area (Å²) in [6, 6.07) is 4.72. The van der Waals surface area contributed by atoms with Gasteiger partial charge in [-0.3, -0.25) is 10.1 Å². The third-order valence-electron chi connectivity index (χ3n) is 2.78. The first-order valence-electron chi connectivity index (χ1n) is 6.21. The molecule has 0 aliphatic rings. The summed E-state index contributed by atoms with van der Waals surface area (Å²) in [4.78, 5) is 10.3. The number of nitro benzene ring substituents is 1. The molecule has 1 unspecified atom stereocenters. The summed E-state index contributed by atoms with van der Waals surface area (Å²) in [5.74, 6) is 0.476. The molecular formula is C13H19ClN2O3. The molecule has 106 valence electrons. The Balaban J connectivity index is 2.67. The van der Waals surface area contributed by atoms with Crippen LogP contribution in [0.5, 0.6) is 0 Å². The average Bonchev–Trinajstić information content (AvgIpc) is 2.35. The SMILES string of the molecule is CC(C)CC(CO)NCc1ccc(Cl)c([N+](=O)[O-])c1. The van der Waals surface area contributed by atoms with Crippen molar-refractivity contribution in [2.24, 2.45) is 5.92 Å². The second kappa shape index (κ2) is 7.43. The van der Waals surface area contributed by atoms with Crippen molar-refractivity contribution in [2.45, 2.75) is 32.9 Å². The Labute approximate surface area is 117 Å². The third-order valence-corrected chi connectivity index (χ3v) is 3.10. The molecule has 1 atom stereocenters. The molecule has 0 aliphatic carbocycles. The highest BCUT2D eigenvalue weighted by Gasteiger charge is 2.14. The van der Waals surface area contributed by atoms with E-state index in [9.17, 15) is 15.2 Å². The van der Waals surface area contributed by atoms with Gasteiger partial charge in [-0.1, -0.05) is 31.5 Å². The summed E-state index contributed by atoms with van der Waals surface area (Å²) in [6.07, 6.45) is 0.853. The van der Waals surface area contributed by atoms with Crippen molar-refractivity contribution in [1.82, 2.24) is 5.32 Å². The zero-order chi connectivity index (χ0) is 14.4. The van der Waals surface area contributed by atoms with Crippen LogP contribution in [0.4, 0.5) is 5.69 Å². The quantitative estimate of drug-likeness (QED) is 0.597. The second-order valence-electron chi connectivity index (χ2n) is 4.93. The molecule has 0 aliphatic heterocycles. The molecule has 6 heteroatoms. The number of nitro groups is 1. The first-order valence-corrected chi connectivity index (χ1v) is 6.59. The highest BCUT2D eigenvalue weighted by Crippen LogP contribution is 2.25. The van der Waals surface area contributed by atoms with E-state index in [4.69, 9.17) is 11.6 Å². The first-order chi connectivity index (χ1) is 8.93. The van der Waals surface area contributed by atoms with Gasteiger partial charge >= 0.3 is 0 Å². The summed E-state index contributed by atoms with van der Waals surface area (Å²) in [6.45, 7) is 4.68. The van der Waals surface area contributed by atoms with E-state index >= 15 is 0 Å². The van der Waals surface area contributed by atoms with Crippen molar-refractivity contribution in [1.29, 1.82) is 0 Å². The van der Waals surface area contributed by atoms with Gasteiger partial charge in [0.1, 0.15) is 5.02 Å². The lowest BCUT2D eigenvalue weighted by atomic mass is 10.0. The summed E-state index contributed by atoms with van der Waals surface area (Å²) >= 11 is 5.75. The fraction of sp³-hybridized carbons (Fsp3) is 0.538. The number of hydrogen-bond donors (Lipinski definition) is 2. The molecule has 0 bridgehead atoms. The van der Waals surface area contributed by atoms with E-state index in [2.05, 4.69) is 19.2 Å². The molecule has 1 aromatic carbocycles. The average molecular weight is 287 g/mol. The van der Waals surface area contributed by atoms with E-state index in [1.54, 1.807) is 6.07 Å². The molecule has 1 rings (SSSR count). The third kappa shape index (κ3) is 5.14. The van der Waals surface area contributed by atoms with Gasteiger partial charge in [0.2, 0.25) is 0 Å². The molecule has 0 radical (unpaired) electrons. The molecular weight excluding hydrogens is 268 g/mol. The van der Waals surface area contributed by atoms with Crippen LogP contribution >= 0.6 is 11.6 Å². The number of aliphatic hydroxyl groups excluding tert-OH is 1. The first kappa shape index (κ1) is 15.9. The van der Waals surface area contributed by atoms with E-state index in [-0.39, 0.29) is 23.4 Å². The van der Waals surface area contributed by atoms with Crippen molar-refractivity contribution in [3.8, 4) is 0 Å². The molecule has 0 fully saturated rings. The predicted molar refractivity (Wildman–Crippen MR) is 75.3 cm³/mol. The maximum Gasteiger partial charge on any atom is 0.288 e. The molecule has 2 N–H and O–H groups in total. The number of rotatable bonds is 7. The number of nitrogens with one attached hydrogen (secondary N) is 1. The van der Waals surface area contributed by atoms with Crippen LogP contribution in [0.15, 0.2) is 18.2 Å². The van der Waals surface area contributed by atoms with Crippen LogP contribution < -0.4 is 5.32 Å². The lowest BCUT2D eigenvalue weighted by Gasteiger charge is -2.18. The van der Waals surface area contributed by atoms with E-state index in [0.717, 1.165) is 12.0 Å². The predicted octanol–water partition coefficient (Wildman–Crippen LogP) is 2.74. The summed E-state index contributed by atoms with van der Waals surface area (Å²) in [5, 5.41) is 23.3. The van der Waals surface area contributed by atoms with Crippen LogP contribution in [0.3, 0.4) is 0 Å². The summed E-state index contributed by atoms with van der Waals surface area (Å²) in [5.41, 5.74) is 0.684. The van der Waals surface area contributed by atoms with Gasteiger partial charge in [-0.25, -0.2) is 0 Å². The van der Waals surface area contributed by atoms with Crippen LogP contribution in [-0.2, 0) is 6.54 Å². The van der Waals surface area contributed by atoms with Crippen LogP contribution in [0.1, 0.15) is 25.8 Å². The van der Waals surface area contributed by atoms with Crippen LogP contribution in [0, 0.1) is 16.0 Å². The lowest BCUT2D eigenvalue weighted by molar-refractivity contribution is -0.384. The van der Waals surface area contributed by atoms with E-state index < -0.39 is 4.92 Å². The number of halogens is 1. The molecule has 1 aromatic rings. The van der Waals surface area contributed by atoms with Crippen molar-refractivity contribution in [3.05, 3.63) is 38.9 Å². The Morgan fingerprint density at radius 2 is 2.16 bits per heavy atom. The zero-order valence-electron chi connectivity index (χ0n) is 11.1. The minimum Gasteiger partial charge on any atom is -0.395 e. The highest BCUT2D eigenvalue weighted by molar-refractivity contribution is 6.32.